The van der Waals surface area contributed by atoms with Crippen molar-refractivity contribution < 1.29 is 19.0 Å². The Morgan fingerprint density at radius 1 is 1.45 bits per heavy atom. The number of ether oxygens (including phenoxy) is 3. The van der Waals surface area contributed by atoms with E-state index >= 15 is 0 Å². The van der Waals surface area contributed by atoms with Crippen LogP contribution in [0, 0.1) is 0 Å². The van der Waals surface area contributed by atoms with Gasteiger partial charge in [-0.15, -0.1) is 0 Å². The zero-order chi connectivity index (χ0) is 14.4. The van der Waals surface area contributed by atoms with E-state index in [4.69, 9.17) is 14.2 Å². The first-order valence-electron chi connectivity index (χ1n) is 6.88. The fraction of sp³-hybridized carbons (Fsp3) is 0.533. The van der Waals surface area contributed by atoms with E-state index in [-0.39, 0.29) is 5.97 Å². The monoisotopic (exact) mass is 279 g/mol. The lowest BCUT2D eigenvalue weighted by Crippen LogP contribution is -2.53. The molecule has 0 saturated carbocycles. The molecule has 110 valence electrons. The summed E-state index contributed by atoms with van der Waals surface area (Å²) in [5.41, 5.74) is -0.00979. The molecule has 5 heteroatoms. The molecule has 1 aliphatic heterocycles. The van der Waals surface area contributed by atoms with Crippen molar-refractivity contribution in [2.45, 2.75) is 18.9 Å². The number of methoxy groups -OCH3 is 1. The fourth-order valence-electron chi connectivity index (χ4n) is 2.48. The van der Waals surface area contributed by atoms with E-state index in [0.29, 0.717) is 32.8 Å². The van der Waals surface area contributed by atoms with Crippen LogP contribution in [0.1, 0.15) is 18.9 Å². The highest BCUT2D eigenvalue weighted by Crippen LogP contribution is 2.37. The molecule has 0 amide bonds. The third-order valence-electron chi connectivity index (χ3n) is 3.44. The minimum absolute atomic E-state index is 0.258. The zero-order valence-electron chi connectivity index (χ0n) is 12.0. The van der Waals surface area contributed by atoms with Gasteiger partial charge in [0, 0.05) is 25.6 Å². The molecule has 1 unspecified atom stereocenters. The Morgan fingerprint density at radius 3 is 3.00 bits per heavy atom. The summed E-state index contributed by atoms with van der Waals surface area (Å²) in [6.45, 7) is 3.76. The standard InChI is InChI=1S/C15H21NO4/c1-3-19-14(17)15(16-9-11-18-2)8-10-20-13-7-5-4-6-12(13)15/h4-7,16H,3,8-11H2,1-2H3. The second-order valence-corrected chi connectivity index (χ2v) is 4.64. The van der Waals surface area contributed by atoms with Gasteiger partial charge in [-0.2, -0.15) is 0 Å². The average Bonchev–Trinajstić information content (AvgIpc) is 2.48. The van der Waals surface area contributed by atoms with E-state index in [1.54, 1.807) is 7.11 Å². The first-order valence-corrected chi connectivity index (χ1v) is 6.88. The molecular weight excluding hydrogens is 258 g/mol. The van der Waals surface area contributed by atoms with E-state index in [2.05, 4.69) is 5.32 Å². The van der Waals surface area contributed by atoms with Crippen molar-refractivity contribution in [1.82, 2.24) is 5.32 Å². The van der Waals surface area contributed by atoms with Crippen LogP contribution in [0.15, 0.2) is 24.3 Å². The molecule has 1 aliphatic rings. The SMILES string of the molecule is CCOC(=O)C1(NCCOC)CCOc2ccccc21. The Morgan fingerprint density at radius 2 is 2.25 bits per heavy atom. The van der Waals surface area contributed by atoms with Gasteiger partial charge in [-0.3, -0.25) is 5.32 Å². The van der Waals surface area contributed by atoms with Crippen LogP contribution in [-0.4, -0.2) is 39.4 Å². The third kappa shape index (κ3) is 2.78. The first-order chi connectivity index (χ1) is 9.74. The zero-order valence-corrected chi connectivity index (χ0v) is 12.0. The summed E-state index contributed by atoms with van der Waals surface area (Å²) < 4.78 is 16.0. The van der Waals surface area contributed by atoms with Gasteiger partial charge in [0.1, 0.15) is 11.3 Å². The number of fused-ring (bicyclic) bond motifs is 1. The molecule has 2 rings (SSSR count). The number of rotatable bonds is 6. The number of nitrogens with one attached hydrogen (secondary N) is 1. The topological polar surface area (TPSA) is 56.8 Å². The molecule has 0 spiro atoms. The summed E-state index contributed by atoms with van der Waals surface area (Å²) in [7, 11) is 1.64. The van der Waals surface area contributed by atoms with Crippen molar-refractivity contribution in [3.8, 4) is 5.75 Å². The van der Waals surface area contributed by atoms with Crippen molar-refractivity contribution in [2.75, 3.05) is 33.5 Å². The van der Waals surface area contributed by atoms with E-state index in [0.717, 1.165) is 11.3 Å². The van der Waals surface area contributed by atoms with Crippen LogP contribution in [0.3, 0.4) is 0 Å². The van der Waals surface area contributed by atoms with Crippen LogP contribution >= 0.6 is 0 Å². The Kier molecular flexibility index (Phi) is 4.98. The molecule has 1 aromatic rings. The highest BCUT2D eigenvalue weighted by Gasteiger charge is 2.45. The van der Waals surface area contributed by atoms with E-state index < -0.39 is 5.54 Å². The normalized spacial score (nSPS) is 20.9. The van der Waals surface area contributed by atoms with Gasteiger partial charge in [-0.1, -0.05) is 18.2 Å². The fourth-order valence-corrected chi connectivity index (χ4v) is 2.48. The predicted octanol–water partition coefficient (Wildman–Crippen LogP) is 1.46. The van der Waals surface area contributed by atoms with Gasteiger partial charge >= 0.3 is 5.97 Å². The molecule has 20 heavy (non-hydrogen) atoms. The van der Waals surface area contributed by atoms with E-state index in [1.165, 1.54) is 0 Å². The lowest BCUT2D eigenvalue weighted by molar-refractivity contribution is -0.153. The molecule has 0 fully saturated rings. The van der Waals surface area contributed by atoms with Gasteiger partial charge in [-0.05, 0) is 13.0 Å². The van der Waals surface area contributed by atoms with Gasteiger partial charge in [0.15, 0.2) is 0 Å². The number of esters is 1. The lowest BCUT2D eigenvalue weighted by atomic mass is 9.84. The van der Waals surface area contributed by atoms with Crippen molar-refractivity contribution in [2.24, 2.45) is 0 Å². The highest BCUT2D eigenvalue weighted by molar-refractivity contribution is 5.84. The first kappa shape index (κ1) is 14.8. The smallest absolute Gasteiger partial charge is 0.331 e. The Bertz CT molecular complexity index is 463. The molecule has 1 atom stereocenters. The number of para-hydroxylation sites is 1. The maximum Gasteiger partial charge on any atom is 0.331 e. The van der Waals surface area contributed by atoms with Crippen LogP contribution in [0.2, 0.25) is 0 Å². The molecule has 0 aliphatic carbocycles. The maximum absolute atomic E-state index is 12.5. The number of hydrogen-bond donors (Lipinski definition) is 1. The van der Waals surface area contributed by atoms with Crippen molar-refractivity contribution in [3.63, 3.8) is 0 Å². The van der Waals surface area contributed by atoms with Gasteiger partial charge in [0.2, 0.25) is 0 Å². The molecule has 0 bridgehead atoms. The average molecular weight is 279 g/mol. The molecule has 1 N–H and O–H groups in total. The molecular formula is C15H21NO4. The van der Waals surface area contributed by atoms with E-state index in [1.807, 2.05) is 31.2 Å². The molecule has 5 nitrogen and oxygen atoms in total. The molecule has 0 radical (unpaired) electrons. The van der Waals surface area contributed by atoms with Crippen molar-refractivity contribution in [3.05, 3.63) is 29.8 Å². The maximum atomic E-state index is 12.5. The van der Waals surface area contributed by atoms with Crippen molar-refractivity contribution >= 4 is 5.97 Å². The quantitative estimate of drug-likeness (QED) is 0.631. The Balaban J connectivity index is 2.34. The number of carbonyl (C=O) groups excluding carboxylic acids is 1. The number of benzene rings is 1. The van der Waals surface area contributed by atoms with Crippen LogP contribution in [0.5, 0.6) is 5.75 Å². The summed E-state index contributed by atoms with van der Waals surface area (Å²) in [6.07, 6.45) is 0.548. The van der Waals surface area contributed by atoms with Crippen LogP contribution < -0.4 is 10.1 Å². The Hall–Kier alpha value is -1.59. The van der Waals surface area contributed by atoms with Gasteiger partial charge in [0.05, 0.1) is 19.8 Å². The van der Waals surface area contributed by atoms with Crippen molar-refractivity contribution in [1.29, 1.82) is 0 Å². The Labute approximate surface area is 119 Å². The third-order valence-corrected chi connectivity index (χ3v) is 3.44. The lowest BCUT2D eigenvalue weighted by Gasteiger charge is -2.37. The van der Waals surface area contributed by atoms with Crippen LogP contribution in [-0.2, 0) is 19.8 Å². The second-order valence-electron chi connectivity index (χ2n) is 4.64. The highest BCUT2D eigenvalue weighted by atomic mass is 16.5. The molecule has 1 aromatic carbocycles. The summed E-state index contributed by atoms with van der Waals surface area (Å²) in [6, 6.07) is 7.58. The van der Waals surface area contributed by atoms with E-state index in [9.17, 15) is 4.79 Å². The minimum Gasteiger partial charge on any atom is -0.493 e. The number of hydrogen-bond acceptors (Lipinski definition) is 5. The molecule has 0 aromatic heterocycles. The summed E-state index contributed by atoms with van der Waals surface area (Å²) in [5, 5.41) is 3.30. The summed E-state index contributed by atoms with van der Waals surface area (Å²) >= 11 is 0. The summed E-state index contributed by atoms with van der Waals surface area (Å²) in [4.78, 5) is 12.5. The second kappa shape index (κ2) is 6.72. The van der Waals surface area contributed by atoms with Crippen LogP contribution in [0.4, 0.5) is 0 Å². The molecule has 0 saturated heterocycles. The number of carbonyl (C=O) groups is 1. The summed E-state index contributed by atoms with van der Waals surface area (Å²) in [5.74, 6) is 0.476. The molecule has 1 heterocycles. The van der Waals surface area contributed by atoms with Gasteiger partial charge < -0.3 is 14.2 Å². The van der Waals surface area contributed by atoms with Gasteiger partial charge in [-0.25, -0.2) is 4.79 Å². The largest absolute Gasteiger partial charge is 0.493 e. The predicted molar refractivity (Wildman–Crippen MR) is 74.7 cm³/mol. The van der Waals surface area contributed by atoms with Crippen LogP contribution in [0.25, 0.3) is 0 Å². The minimum atomic E-state index is -0.844. The van der Waals surface area contributed by atoms with Gasteiger partial charge in [0.25, 0.3) is 0 Å².